The van der Waals surface area contributed by atoms with Gasteiger partial charge in [-0.05, 0) is 67.7 Å². The van der Waals surface area contributed by atoms with Gasteiger partial charge in [-0.3, -0.25) is 19.3 Å². The molecule has 0 saturated carbocycles. The Bertz CT molecular complexity index is 1390. The number of nitrogens with zero attached hydrogens (tertiary/aromatic N) is 4. The van der Waals surface area contributed by atoms with Crippen molar-refractivity contribution in [1.29, 1.82) is 0 Å². The Kier molecular flexibility index (Phi) is 10.0. The molecule has 1 N–H and O–H groups in total. The molecule has 2 saturated heterocycles. The van der Waals surface area contributed by atoms with E-state index in [1.165, 1.54) is 0 Å². The quantitative estimate of drug-likeness (QED) is 0.351. The highest BCUT2D eigenvalue weighted by atomic mass is 16.7. The number of anilines is 1. The summed E-state index contributed by atoms with van der Waals surface area (Å²) in [6.45, 7) is 9.38. The van der Waals surface area contributed by atoms with Gasteiger partial charge in [0.05, 0.1) is 12.5 Å². The zero-order chi connectivity index (χ0) is 32.3. The van der Waals surface area contributed by atoms with Gasteiger partial charge in [0, 0.05) is 56.8 Å². The number of fused-ring (bicyclic) bond motifs is 1. The van der Waals surface area contributed by atoms with Gasteiger partial charge < -0.3 is 29.3 Å². The molecule has 2 aromatic carbocycles. The molecule has 2 fully saturated rings. The molecular weight excluding hydrogens is 572 g/mol. The summed E-state index contributed by atoms with van der Waals surface area (Å²) >= 11 is 0. The molecule has 3 unspecified atom stereocenters. The van der Waals surface area contributed by atoms with Crippen LogP contribution >= 0.6 is 0 Å². The first-order chi connectivity index (χ1) is 21.5. The van der Waals surface area contributed by atoms with E-state index in [4.69, 9.17) is 9.47 Å². The van der Waals surface area contributed by atoms with E-state index in [-0.39, 0.29) is 36.5 Å². The van der Waals surface area contributed by atoms with Gasteiger partial charge in [0.1, 0.15) is 0 Å². The van der Waals surface area contributed by atoms with Crippen LogP contribution in [0.25, 0.3) is 0 Å². The minimum Gasteiger partial charge on any atom is -0.481 e. The Hall–Kier alpha value is -3.63. The molecular formula is C35H48N4O6. The van der Waals surface area contributed by atoms with Crippen molar-refractivity contribution in [1.82, 2.24) is 14.7 Å². The maximum atomic E-state index is 14.2. The molecule has 2 aromatic rings. The average Bonchev–Trinajstić information content (AvgIpc) is 3.66. The third-order valence-corrected chi connectivity index (χ3v) is 9.25. The van der Waals surface area contributed by atoms with Crippen molar-refractivity contribution < 1.29 is 29.0 Å². The molecule has 2 amide bonds. The Balaban J connectivity index is 1.43. The van der Waals surface area contributed by atoms with Crippen molar-refractivity contribution in [2.45, 2.75) is 65.0 Å². The van der Waals surface area contributed by atoms with Crippen LogP contribution in [-0.4, -0.2) is 97.2 Å². The molecule has 0 aliphatic carbocycles. The smallest absolute Gasteiger partial charge is 0.308 e. The molecule has 3 heterocycles. The molecule has 0 aromatic heterocycles. The lowest BCUT2D eigenvalue weighted by molar-refractivity contribution is -0.143. The second kappa shape index (κ2) is 13.8. The Labute approximate surface area is 266 Å². The molecule has 10 nitrogen and oxygen atoms in total. The minimum absolute atomic E-state index is 0.0516. The topological polar surface area (TPSA) is 103 Å². The molecule has 244 valence electrons. The maximum absolute atomic E-state index is 14.2. The number of ether oxygens (including phenoxy) is 2. The number of hydrogen-bond acceptors (Lipinski definition) is 7. The highest BCUT2D eigenvalue weighted by Gasteiger charge is 2.48. The summed E-state index contributed by atoms with van der Waals surface area (Å²) in [6.07, 6.45) is 2.76. The predicted octanol–water partition coefficient (Wildman–Crippen LogP) is 4.43. The fourth-order valence-corrected chi connectivity index (χ4v) is 7.17. The number of rotatable bonds is 13. The number of carboxylic acids is 1. The van der Waals surface area contributed by atoms with Gasteiger partial charge in [-0.1, -0.05) is 45.4 Å². The highest BCUT2D eigenvalue weighted by Crippen LogP contribution is 2.43. The molecule has 5 rings (SSSR count). The van der Waals surface area contributed by atoms with E-state index in [2.05, 4.69) is 37.8 Å². The van der Waals surface area contributed by atoms with Crippen LogP contribution in [0.3, 0.4) is 0 Å². The lowest BCUT2D eigenvalue weighted by Crippen LogP contribution is -2.45. The summed E-state index contributed by atoms with van der Waals surface area (Å²) < 4.78 is 11.1. The molecule has 0 radical (unpaired) electrons. The first-order valence-electron chi connectivity index (χ1n) is 16.1. The van der Waals surface area contributed by atoms with Crippen molar-refractivity contribution in [2.24, 2.45) is 11.3 Å². The maximum Gasteiger partial charge on any atom is 0.308 e. The van der Waals surface area contributed by atoms with Crippen molar-refractivity contribution in [3.63, 3.8) is 0 Å². The monoisotopic (exact) mass is 620 g/mol. The van der Waals surface area contributed by atoms with Gasteiger partial charge >= 0.3 is 5.97 Å². The number of aliphatic carboxylic acids is 1. The average molecular weight is 621 g/mol. The summed E-state index contributed by atoms with van der Waals surface area (Å²) in [5.41, 5.74) is 2.72. The van der Waals surface area contributed by atoms with E-state index < -0.39 is 17.9 Å². The number of likely N-dealkylation sites (tertiary alicyclic amines) is 2. The first-order valence-corrected chi connectivity index (χ1v) is 16.1. The summed E-state index contributed by atoms with van der Waals surface area (Å²) in [5.74, 6) is -0.705. The van der Waals surface area contributed by atoms with Crippen LogP contribution in [0.15, 0.2) is 42.5 Å². The standard InChI is InChI=1S/C35H48N4O6/c1-6-7-14-39(26-10-8-9-24(16-26)19-36(4)5)32(41)21-38-20-27(25-11-12-29-30(17-25)45-23-44-29)33(34(42)43)28(38)13-15-37-22-35(2,3)18-31(37)40/h8-12,16-17,27-28,33H,6-7,13-15,18-23H2,1-5H3,(H,42,43). The van der Waals surface area contributed by atoms with Crippen LogP contribution < -0.4 is 14.4 Å². The second-order valence-electron chi connectivity index (χ2n) is 13.8. The van der Waals surface area contributed by atoms with Gasteiger partial charge in [-0.15, -0.1) is 0 Å². The summed E-state index contributed by atoms with van der Waals surface area (Å²) in [5, 5.41) is 10.6. The fourth-order valence-electron chi connectivity index (χ4n) is 7.17. The van der Waals surface area contributed by atoms with E-state index in [0.717, 1.165) is 36.2 Å². The molecule has 0 bridgehead atoms. The lowest BCUT2D eigenvalue weighted by atomic mass is 9.84. The third-order valence-electron chi connectivity index (χ3n) is 9.25. The zero-order valence-electron chi connectivity index (χ0n) is 27.3. The first kappa shape index (κ1) is 32.8. The minimum atomic E-state index is -0.898. The van der Waals surface area contributed by atoms with Crippen molar-refractivity contribution >= 4 is 23.5 Å². The van der Waals surface area contributed by atoms with Gasteiger partial charge in [-0.2, -0.15) is 0 Å². The molecule has 10 heteroatoms. The van der Waals surface area contributed by atoms with Crippen LogP contribution in [0.5, 0.6) is 11.5 Å². The number of carboxylic acid groups (broad SMARTS) is 1. The number of amides is 2. The second-order valence-corrected chi connectivity index (χ2v) is 13.8. The normalized spacial score (nSPS) is 22.4. The number of benzene rings is 2. The zero-order valence-corrected chi connectivity index (χ0v) is 27.3. The predicted molar refractivity (Wildman–Crippen MR) is 172 cm³/mol. The third kappa shape index (κ3) is 7.61. The molecule has 3 aliphatic heterocycles. The van der Waals surface area contributed by atoms with E-state index in [0.29, 0.717) is 50.5 Å². The van der Waals surface area contributed by atoms with E-state index >= 15 is 0 Å². The molecule has 0 spiro atoms. The van der Waals surface area contributed by atoms with Crippen LogP contribution in [0.2, 0.25) is 0 Å². The molecule has 3 aliphatic rings. The highest BCUT2D eigenvalue weighted by molar-refractivity contribution is 5.95. The molecule has 45 heavy (non-hydrogen) atoms. The van der Waals surface area contributed by atoms with Gasteiger partial charge in [0.2, 0.25) is 18.6 Å². The molecule has 3 atom stereocenters. The number of carbonyl (C=O) groups is 3. The van der Waals surface area contributed by atoms with E-state index in [1.54, 1.807) is 0 Å². The van der Waals surface area contributed by atoms with Gasteiger partial charge in [0.25, 0.3) is 0 Å². The van der Waals surface area contributed by atoms with Crippen molar-refractivity contribution in [2.75, 3.05) is 58.5 Å². The van der Waals surface area contributed by atoms with Crippen LogP contribution in [0.4, 0.5) is 5.69 Å². The summed E-state index contributed by atoms with van der Waals surface area (Å²) in [7, 11) is 4.04. The van der Waals surface area contributed by atoms with E-state index in [1.807, 2.05) is 59.1 Å². The Morgan fingerprint density at radius 2 is 1.87 bits per heavy atom. The lowest BCUT2D eigenvalue weighted by Gasteiger charge is -2.31. The van der Waals surface area contributed by atoms with Crippen LogP contribution in [0.1, 0.15) is 63.5 Å². The van der Waals surface area contributed by atoms with Gasteiger partial charge in [0.15, 0.2) is 11.5 Å². The number of hydrogen-bond donors (Lipinski definition) is 1. The largest absolute Gasteiger partial charge is 0.481 e. The van der Waals surface area contributed by atoms with Crippen LogP contribution in [-0.2, 0) is 20.9 Å². The summed E-state index contributed by atoms with van der Waals surface area (Å²) in [4.78, 5) is 47.8. The van der Waals surface area contributed by atoms with Crippen molar-refractivity contribution in [3.8, 4) is 11.5 Å². The van der Waals surface area contributed by atoms with Gasteiger partial charge in [-0.25, -0.2) is 0 Å². The Morgan fingerprint density at radius 3 is 2.56 bits per heavy atom. The van der Waals surface area contributed by atoms with E-state index in [9.17, 15) is 19.5 Å². The Morgan fingerprint density at radius 1 is 1.09 bits per heavy atom. The SMILES string of the molecule is CCCCN(C(=O)CN1CC(c2ccc3c(c2)OCO3)C(C(=O)O)C1CCN1CC(C)(C)CC1=O)c1cccc(CN(C)C)c1. The number of carbonyl (C=O) groups excluding carboxylic acids is 2. The van der Waals surface area contributed by atoms with Crippen molar-refractivity contribution in [3.05, 3.63) is 53.6 Å². The van der Waals surface area contributed by atoms with Crippen LogP contribution in [0, 0.1) is 11.3 Å². The fraction of sp³-hybridized carbons (Fsp3) is 0.571. The summed E-state index contributed by atoms with van der Waals surface area (Å²) in [6, 6.07) is 13.3. The number of unbranched alkanes of at least 4 members (excludes halogenated alkanes) is 1.